The largest absolute Gasteiger partial charge is 0.271 e. The van der Waals surface area contributed by atoms with Crippen molar-refractivity contribution in [1.29, 1.82) is 0 Å². The summed E-state index contributed by atoms with van der Waals surface area (Å²) in [5.74, 6) is 5.71. The Morgan fingerprint density at radius 1 is 1.00 bits per heavy atom. The molecule has 1 aromatic carbocycles. The number of hydrogen-bond donors (Lipinski definition) is 2. The average Bonchev–Trinajstić information content (AvgIpc) is 2.50. The monoisotopic (exact) mass is 264 g/mol. The molecule has 0 fully saturated rings. The van der Waals surface area contributed by atoms with Crippen LogP contribution in [0, 0.1) is 6.92 Å². The first-order chi connectivity index (χ1) is 9.78. The molecule has 1 atom stereocenters. The first-order valence-corrected chi connectivity index (χ1v) is 6.51. The Hall–Kier alpha value is -2.30. The van der Waals surface area contributed by atoms with Crippen molar-refractivity contribution in [3.8, 4) is 0 Å². The molecule has 4 heteroatoms. The number of nitrogens with two attached hydrogens (primary N) is 1. The lowest BCUT2D eigenvalue weighted by Gasteiger charge is -2.16. The number of hydrazine groups is 1. The Kier molecular flexibility index (Phi) is 3.41. The minimum absolute atomic E-state index is 0.111. The Balaban J connectivity index is 2.04. The van der Waals surface area contributed by atoms with E-state index in [1.165, 1.54) is 0 Å². The fraction of sp³-hybridized carbons (Fsp3) is 0.125. The predicted molar refractivity (Wildman–Crippen MR) is 79.9 cm³/mol. The van der Waals surface area contributed by atoms with Crippen LogP contribution in [0.3, 0.4) is 0 Å². The summed E-state index contributed by atoms with van der Waals surface area (Å²) in [7, 11) is 0. The maximum Gasteiger partial charge on any atom is 0.0740 e. The van der Waals surface area contributed by atoms with Crippen LogP contribution in [-0.2, 0) is 0 Å². The van der Waals surface area contributed by atoms with Crippen LogP contribution < -0.4 is 11.3 Å². The highest BCUT2D eigenvalue weighted by Crippen LogP contribution is 2.23. The van der Waals surface area contributed by atoms with Gasteiger partial charge in [0.2, 0.25) is 0 Å². The van der Waals surface area contributed by atoms with Gasteiger partial charge < -0.3 is 0 Å². The molecule has 0 bridgehead atoms. The molecule has 0 spiro atoms. The SMILES string of the molecule is Cc1ccc(C(NN)c2cnc3ccccc3c2)cn1. The van der Waals surface area contributed by atoms with Gasteiger partial charge in [0, 0.05) is 23.5 Å². The molecule has 100 valence electrons. The van der Waals surface area contributed by atoms with E-state index in [-0.39, 0.29) is 6.04 Å². The molecule has 0 saturated carbocycles. The number of nitrogens with one attached hydrogen (secondary N) is 1. The van der Waals surface area contributed by atoms with E-state index in [1.54, 1.807) is 0 Å². The lowest BCUT2D eigenvalue weighted by Crippen LogP contribution is -2.29. The summed E-state index contributed by atoms with van der Waals surface area (Å²) < 4.78 is 0. The first kappa shape index (κ1) is 12.7. The van der Waals surface area contributed by atoms with E-state index < -0.39 is 0 Å². The summed E-state index contributed by atoms with van der Waals surface area (Å²) >= 11 is 0. The number of fused-ring (bicyclic) bond motifs is 1. The number of pyridine rings is 2. The van der Waals surface area contributed by atoms with Gasteiger partial charge in [-0.15, -0.1) is 0 Å². The van der Waals surface area contributed by atoms with Crippen LogP contribution in [0.25, 0.3) is 10.9 Å². The zero-order valence-electron chi connectivity index (χ0n) is 11.2. The van der Waals surface area contributed by atoms with Crippen molar-refractivity contribution in [1.82, 2.24) is 15.4 Å². The number of benzene rings is 1. The summed E-state index contributed by atoms with van der Waals surface area (Å²) in [5.41, 5.74) is 6.85. The van der Waals surface area contributed by atoms with Crippen LogP contribution >= 0.6 is 0 Å². The van der Waals surface area contributed by atoms with E-state index in [2.05, 4.69) is 21.5 Å². The van der Waals surface area contributed by atoms with Crippen molar-refractivity contribution >= 4 is 10.9 Å². The highest BCUT2D eigenvalue weighted by Gasteiger charge is 2.13. The van der Waals surface area contributed by atoms with Crippen molar-refractivity contribution in [2.45, 2.75) is 13.0 Å². The normalized spacial score (nSPS) is 12.5. The van der Waals surface area contributed by atoms with E-state index in [9.17, 15) is 0 Å². The van der Waals surface area contributed by atoms with Gasteiger partial charge in [0.25, 0.3) is 0 Å². The quantitative estimate of drug-likeness (QED) is 0.563. The fourth-order valence-electron chi connectivity index (χ4n) is 2.28. The molecule has 3 N–H and O–H groups in total. The molecule has 0 aliphatic heterocycles. The Labute approximate surface area is 117 Å². The highest BCUT2D eigenvalue weighted by atomic mass is 15.2. The maximum absolute atomic E-state index is 5.71. The van der Waals surface area contributed by atoms with E-state index in [0.717, 1.165) is 27.7 Å². The van der Waals surface area contributed by atoms with Gasteiger partial charge in [-0.05, 0) is 36.2 Å². The van der Waals surface area contributed by atoms with Gasteiger partial charge in [0.15, 0.2) is 0 Å². The van der Waals surface area contributed by atoms with Crippen LogP contribution in [0.15, 0.2) is 54.9 Å². The average molecular weight is 264 g/mol. The lowest BCUT2D eigenvalue weighted by molar-refractivity contribution is 0.633. The molecule has 0 saturated heterocycles. The van der Waals surface area contributed by atoms with Crippen molar-refractivity contribution in [3.63, 3.8) is 0 Å². The number of aromatic nitrogens is 2. The standard InChI is InChI=1S/C16H16N4/c1-11-6-7-13(9-18-11)16(20-17)14-8-12-4-2-3-5-15(12)19-10-14/h2-10,16,20H,17H2,1H3. The van der Waals surface area contributed by atoms with E-state index >= 15 is 0 Å². The summed E-state index contributed by atoms with van der Waals surface area (Å²) in [6, 6.07) is 14.0. The lowest BCUT2D eigenvalue weighted by atomic mass is 10.0. The third-order valence-electron chi connectivity index (χ3n) is 3.38. The molecule has 0 radical (unpaired) electrons. The van der Waals surface area contributed by atoms with Crippen LogP contribution in [0.5, 0.6) is 0 Å². The van der Waals surface area contributed by atoms with Crippen LogP contribution in [-0.4, -0.2) is 9.97 Å². The molecular weight excluding hydrogens is 248 g/mol. The second-order valence-electron chi connectivity index (χ2n) is 4.79. The van der Waals surface area contributed by atoms with Gasteiger partial charge >= 0.3 is 0 Å². The highest BCUT2D eigenvalue weighted by molar-refractivity contribution is 5.78. The second-order valence-corrected chi connectivity index (χ2v) is 4.79. The van der Waals surface area contributed by atoms with Gasteiger partial charge in [0.1, 0.15) is 0 Å². The van der Waals surface area contributed by atoms with Gasteiger partial charge in [-0.2, -0.15) is 0 Å². The fourth-order valence-corrected chi connectivity index (χ4v) is 2.28. The third kappa shape index (κ3) is 2.39. The van der Waals surface area contributed by atoms with Crippen LogP contribution in [0.4, 0.5) is 0 Å². The Morgan fingerprint density at radius 3 is 2.55 bits per heavy atom. The third-order valence-corrected chi connectivity index (χ3v) is 3.38. The summed E-state index contributed by atoms with van der Waals surface area (Å²) in [6.07, 6.45) is 3.70. The zero-order valence-corrected chi connectivity index (χ0v) is 11.2. The number of rotatable bonds is 3. The number of nitrogens with zero attached hydrogens (tertiary/aromatic N) is 2. The minimum Gasteiger partial charge on any atom is -0.271 e. The molecule has 0 aliphatic rings. The van der Waals surface area contributed by atoms with E-state index in [4.69, 9.17) is 5.84 Å². The molecule has 3 aromatic rings. The van der Waals surface area contributed by atoms with Crippen molar-refractivity contribution < 1.29 is 0 Å². The number of aryl methyl sites for hydroxylation is 1. The van der Waals surface area contributed by atoms with Crippen molar-refractivity contribution in [2.24, 2.45) is 5.84 Å². The van der Waals surface area contributed by atoms with Crippen molar-refractivity contribution in [3.05, 3.63) is 71.7 Å². The summed E-state index contributed by atoms with van der Waals surface area (Å²) in [5, 5.41) is 1.10. The molecule has 1 unspecified atom stereocenters. The predicted octanol–water partition coefficient (Wildman–Crippen LogP) is 2.49. The number of hydrogen-bond acceptors (Lipinski definition) is 4. The van der Waals surface area contributed by atoms with Gasteiger partial charge in [-0.1, -0.05) is 24.3 Å². The molecular formula is C16H16N4. The van der Waals surface area contributed by atoms with E-state index in [1.807, 2.05) is 55.7 Å². The molecule has 2 aromatic heterocycles. The topological polar surface area (TPSA) is 63.8 Å². The number of para-hydroxylation sites is 1. The smallest absolute Gasteiger partial charge is 0.0740 e. The molecule has 20 heavy (non-hydrogen) atoms. The van der Waals surface area contributed by atoms with Gasteiger partial charge in [-0.3, -0.25) is 15.8 Å². The molecule has 3 rings (SSSR count). The van der Waals surface area contributed by atoms with E-state index in [0.29, 0.717) is 0 Å². The molecule has 2 heterocycles. The van der Waals surface area contributed by atoms with Crippen LogP contribution in [0.1, 0.15) is 22.9 Å². The maximum atomic E-state index is 5.71. The van der Waals surface area contributed by atoms with Crippen LogP contribution in [0.2, 0.25) is 0 Å². The van der Waals surface area contributed by atoms with Crippen molar-refractivity contribution in [2.75, 3.05) is 0 Å². The zero-order chi connectivity index (χ0) is 13.9. The minimum atomic E-state index is -0.111. The molecule has 4 nitrogen and oxygen atoms in total. The summed E-state index contributed by atoms with van der Waals surface area (Å²) in [6.45, 7) is 1.96. The molecule has 0 amide bonds. The first-order valence-electron chi connectivity index (χ1n) is 6.51. The Morgan fingerprint density at radius 2 is 1.80 bits per heavy atom. The molecule has 0 aliphatic carbocycles. The Bertz CT molecular complexity index is 722. The second kappa shape index (κ2) is 5.36. The van der Waals surface area contributed by atoms with Gasteiger partial charge in [-0.25, -0.2) is 5.43 Å². The summed E-state index contributed by atoms with van der Waals surface area (Å²) in [4.78, 5) is 8.80. The van der Waals surface area contributed by atoms with Gasteiger partial charge in [0.05, 0.1) is 11.6 Å².